The average molecular weight is 196 g/mol. The van der Waals surface area contributed by atoms with Crippen molar-refractivity contribution in [1.82, 2.24) is 0 Å². The zero-order valence-electron chi connectivity index (χ0n) is 9.12. The lowest BCUT2D eigenvalue weighted by Crippen LogP contribution is -2.23. The van der Waals surface area contributed by atoms with E-state index in [2.05, 4.69) is 5.73 Å². The molecule has 0 amide bonds. The number of hydrogen-bond donors (Lipinski definition) is 1. The van der Waals surface area contributed by atoms with Crippen LogP contribution in [0.2, 0.25) is 0 Å². The summed E-state index contributed by atoms with van der Waals surface area (Å²) >= 11 is 0. The van der Waals surface area contributed by atoms with E-state index in [-0.39, 0.29) is 6.10 Å². The van der Waals surface area contributed by atoms with Gasteiger partial charge in [-0.05, 0) is 25.7 Å². The molecule has 0 aliphatic heterocycles. The van der Waals surface area contributed by atoms with Crippen molar-refractivity contribution < 1.29 is 9.84 Å². The second-order valence-corrected chi connectivity index (χ2v) is 4.02. The summed E-state index contributed by atoms with van der Waals surface area (Å²) in [5.74, 6) is 0.432. The van der Waals surface area contributed by atoms with Crippen LogP contribution in [0.3, 0.4) is 0 Å². The van der Waals surface area contributed by atoms with Gasteiger partial charge in [-0.15, -0.1) is 0 Å². The predicted octanol–water partition coefficient (Wildman–Crippen LogP) is 2.63. The molecule has 0 heterocycles. The molecular weight excluding hydrogens is 176 g/mol. The molecule has 1 saturated carbocycles. The predicted molar refractivity (Wildman–Crippen MR) is 56.9 cm³/mol. The molecule has 2 heteroatoms. The molecule has 0 aromatic heterocycles. The van der Waals surface area contributed by atoms with E-state index >= 15 is 0 Å². The molecule has 1 aliphatic rings. The van der Waals surface area contributed by atoms with Crippen LogP contribution in [0.15, 0.2) is 17.6 Å². The highest BCUT2D eigenvalue weighted by atomic mass is 16.5. The number of rotatable bonds is 3. The lowest BCUT2D eigenvalue weighted by atomic mass is 9.83. The maximum absolute atomic E-state index is 9.99. The van der Waals surface area contributed by atoms with Gasteiger partial charge in [0.25, 0.3) is 0 Å². The first kappa shape index (κ1) is 11.4. The SMILES string of the molecule is COC=C=C(C)C(O)C1CCCCC1. The molecule has 1 fully saturated rings. The van der Waals surface area contributed by atoms with E-state index in [4.69, 9.17) is 4.74 Å². The van der Waals surface area contributed by atoms with Crippen molar-refractivity contribution in [2.45, 2.75) is 45.1 Å². The van der Waals surface area contributed by atoms with Gasteiger partial charge in [-0.25, -0.2) is 0 Å². The number of methoxy groups -OCH3 is 1. The van der Waals surface area contributed by atoms with Crippen molar-refractivity contribution in [3.8, 4) is 0 Å². The van der Waals surface area contributed by atoms with Gasteiger partial charge in [0, 0.05) is 5.57 Å². The Balaban J connectivity index is 2.54. The van der Waals surface area contributed by atoms with Gasteiger partial charge in [-0.3, -0.25) is 0 Å². The topological polar surface area (TPSA) is 29.5 Å². The van der Waals surface area contributed by atoms with Crippen molar-refractivity contribution in [3.63, 3.8) is 0 Å². The van der Waals surface area contributed by atoms with Gasteiger partial charge in [-0.1, -0.05) is 25.0 Å². The number of aliphatic hydroxyl groups is 1. The minimum absolute atomic E-state index is 0.332. The third kappa shape index (κ3) is 3.21. The van der Waals surface area contributed by atoms with E-state index in [1.807, 2.05) is 6.92 Å². The summed E-state index contributed by atoms with van der Waals surface area (Å²) in [4.78, 5) is 0. The summed E-state index contributed by atoms with van der Waals surface area (Å²) in [5, 5.41) is 9.99. The van der Waals surface area contributed by atoms with Crippen LogP contribution in [0.25, 0.3) is 0 Å². The van der Waals surface area contributed by atoms with Gasteiger partial charge in [0.1, 0.15) is 6.26 Å². The molecule has 0 saturated heterocycles. The zero-order chi connectivity index (χ0) is 10.4. The Hall–Kier alpha value is -0.720. The third-order valence-corrected chi connectivity index (χ3v) is 2.94. The van der Waals surface area contributed by atoms with E-state index in [0.717, 1.165) is 18.4 Å². The van der Waals surface area contributed by atoms with Crippen molar-refractivity contribution >= 4 is 0 Å². The Kier molecular flexibility index (Phi) is 4.78. The fourth-order valence-corrected chi connectivity index (χ4v) is 2.04. The summed E-state index contributed by atoms with van der Waals surface area (Å²) in [6, 6.07) is 0. The highest BCUT2D eigenvalue weighted by Crippen LogP contribution is 2.28. The minimum Gasteiger partial charge on any atom is -0.496 e. The van der Waals surface area contributed by atoms with Crippen LogP contribution in [0, 0.1) is 5.92 Å². The normalized spacial score (nSPS) is 19.6. The molecule has 0 aromatic carbocycles. The minimum atomic E-state index is -0.332. The molecule has 0 aromatic rings. The molecule has 2 nitrogen and oxygen atoms in total. The van der Waals surface area contributed by atoms with Crippen LogP contribution >= 0.6 is 0 Å². The van der Waals surface area contributed by atoms with Crippen molar-refractivity contribution in [2.75, 3.05) is 7.11 Å². The maximum Gasteiger partial charge on any atom is 0.125 e. The Morgan fingerprint density at radius 1 is 1.43 bits per heavy atom. The largest absolute Gasteiger partial charge is 0.496 e. The summed E-state index contributed by atoms with van der Waals surface area (Å²) in [6.45, 7) is 1.91. The highest BCUT2D eigenvalue weighted by Gasteiger charge is 2.22. The molecule has 1 atom stereocenters. The summed E-state index contributed by atoms with van der Waals surface area (Å²) in [7, 11) is 1.59. The quantitative estimate of drug-likeness (QED) is 0.555. The van der Waals surface area contributed by atoms with Crippen LogP contribution < -0.4 is 0 Å². The lowest BCUT2D eigenvalue weighted by molar-refractivity contribution is 0.115. The summed E-state index contributed by atoms with van der Waals surface area (Å²) in [5.41, 5.74) is 3.84. The number of aliphatic hydroxyl groups excluding tert-OH is 1. The molecule has 14 heavy (non-hydrogen) atoms. The first-order valence-electron chi connectivity index (χ1n) is 5.38. The molecule has 0 radical (unpaired) electrons. The van der Waals surface area contributed by atoms with Crippen LogP contribution in [-0.2, 0) is 4.74 Å². The summed E-state index contributed by atoms with van der Waals surface area (Å²) in [6.07, 6.45) is 7.29. The van der Waals surface area contributed by atoms with Crippen LogP contribution in [0.1, 0.15) is 39.0 Å². The van der Waals surface area contributed by atoms with E-state index in [9.17, 15) is 5.11 Å². The molecule has 0 bridgehead atoms. The highest BCUT2D eigenvalue weighted by molar-refractivity contribution is 5.05. The number of hydrogen-bond acceptors (Lipinski definition) is 2. The fraction of sp³-hybridized carbons (Fsp3) is 0.750. The monoisotopic (exact) mass is 196 g/mol. The van der Waals surface area contributed by atoms with Crippen molar-refractivity contribution in [3.05, 3.63) is 17.6 Å². The van der Waals surface area contributed by atoms with Gasteiger partial charge in [-0.2, -0.15) is 0 Å². The number of ether oxygens (including phenoxy) is 1. The fourth-order valence-electron chi connectivity index (χ4n) is 2.04. The van der Waals surface area contributed by atoms with E-state index in [1.54, 1.807) is 7.11 Å². The molecule has 1 unspecified atom stereocenters. The third-order valence-electron chi connectivity index (χ3n) is 2.94. The Morgan fingerprint density at radius 2 is 2.07 bits per heavy atom. The standard InChI is InChI=1S/C12H20O2/c1-10(8-9-14-2)12(13)11-6-4-3-5-7-11/h9,11-13H,3-7H2,1-2H3. The second-order valence-electron chi connectivity index (χ2n) is 4.02. The Labute approximate surface area is 86.3 Å². The molecule has 1 N–H and O–H groups in total. The maximum atomic E-state index is 9.99. The lowest BCUT2D eigenvalue weighted by Gasteiger charge is -2.26. The van der Waals surface area contributed by atoms with Gasteiger partial charge in [0.15, 0.2) is 0 Å². The average Bonchev–Trinajstić information content (AvgIpc) is 2.26. The molecular formula is C12H20O2. The van der Waals surface area contributed by atoms with Crippen molar-refractivity contribution in [1.29, 1.82) is 0 Å². The molecule has 1 rings (SSSR count). The first-order chi connectivity index (χ1) is 6.75. The van der Waals surface area contributed by atoms with Crippen LogP contribution in [-0.4, -0.2) is 18.3 Å². The van der Waals surface area contributed by atoms with E-state index in [0.29, 0.717) is 5.92 Å². The molecule has 1 aliphatic carbocycles. The van der Waals surface area contributed by atoms with Gasteiger partial charge < -0.3 is 9.84 Å². The molecule has 80 valence electrons. The van der Waals surface area contributed by atoms with E-state index in [1.165, 1.54) is 25.5 Å². The second kappa shape index (κ2) is 5.90. The van der Waals surface area contributed by atoms with E-state index < -0.39 is 0 Å². The Bertz CT molecular complexity index is 220. The van der Waals surface area contributed by atoms with Crippen LogP contribution in [0.5, 0.6) is 0 Å². The summed E-state index contributed by atoms with van der Waals surface area (Å²) < 4.78 is 4.78. The van der Waals surface area contributed by atoms with Crippen molar-refractivity contribution in [2.24, 2.45) is 5.92 Å². The molecule has 0 spiro atoms. The van der Waals surface area contributed by atoms with Gasteiger partial charge in [0.05, 0.1) is 13.2 Å². The first-order valence-corrected chi connectivity index (χ1v) is 5.38. The zero-order valence-corrected chi connectivity index (χ0v) is 9.12. The smallest absolute Gasteiger partial charge is 0.125 e. The van der Waals surface area contributed by atoms with Gasteiger partial charge in [0.2, 0.25) is 0 Å². The van der Waals surface area contributed by atoms with Crippen LogP contribution in [0.4, 0.5) is 0 Å². The van der Waals surface area contributed by atoms with Gasteiger partial charge >= 0.3 is 0 Å². The Morgan fingerprint density at radius 3 is 2.64 bits per heavy atom.